The topological polar surface area (TPSA) is 104 Å². The van der Waals surface area contributed by atoms with Crippen molar-refractivity contribution in [3.8, 4) is 0 Å². The lowest BCUT2D eigenvalue weighted by Gasteiger charge is -2.33. The van der Waals surface area contributed by atoms with Crippen LogP contribution in [-0.4, -0.2) is 36.9 Å². The fourth-order valence-electron chi connectivity index (χ4n) is 4.18. The number of rotatable bonds is 8. The van der Waals surface area contributed by atoms with Crippen molar-refractivity contribution in [1.82, 2.24) is 9.38 Å². The van der Waals surface area contributed by atoms with E-state index in [2.05, 4.69) is 10.3 Å². The summed E-state index contributed by atoms with van der Waals surface area (Å²) in [6, 6.07) is 16.1. The molecule has 186 valence electrons. The number of benzene rings is 2. The first-order chi connectivity index (χ1) is 17.0. The van der Waals surface area contributed by atoms with Gasteiger partial charge in [0.25, 0.3) is 5.91 Å². The number of carbonyl (C=O) groups is 2. The summed E-state index contributed by atoms with van der Waals surface area (Å²) in [7, 11) is 0. The van der Waals surface area contributed by atoms with E-state index in [4.69, 9.17) is 0 Å². The average molecular weight is 490 g/mol. The molecule has 0 bridgehead atoms. The predicted molar refractivity (Wildman–Crippen MR) is 134 cm³/mol. The maximum absolute atomic E-state index is 14.6. The van der Waals surface area contributed by atoms with E-state index in [1.165, 1.54) is 32.2 Å². The van der Waals surface area contributed by atoms with Gasteiger partial charge in [0, 0.05) is 24.1 Å². The van der Waals surface area contributed by atoms with E-state index in [0.29, 0.717) is 11.2 Å². The Balaban J connectivity index is 1.56. The molecule has 7 nitrogen and oxygen atoms in total. The molecule has 2 atom stereocenters. The van der Waals surface area contributed by atoms with Crippen LogP contribution in [0.3, 0.4) is 0 Å². The lowest BCUT2D eigenvalue weighted by Crippen LogP contribution is -2.37. The van der Waals surface area contributed by atoms with E-state index in [1.807, 2.05) is 25.1 Å². The van der Waals surface area contributed by atoms with Gasteiger partial charge < -0.3 is 15.5 Å². The maximum atomic E-state index is 14.6. The van der Waals surface area contributed by atoms with Crippen LogP contribution in [0.15, 0.2) is 73.1 Å². The first-order valence-corrected chi connectivity index (χ1v) is 11.6. The third kappa shape index (κ3) is 5.35. The molecule has 0 saturated heterocycles. The summed E-state index contributed by atoms with van der Waals surface area (Å²) >= 11 is 0. The predicted octanol–water partition coefficient (Wildman–Crippen LogP) is 4.73. The number of imidazole rings is 1. The van der Waals surface area contributed by atoms with Crippen LogP contribution in [0.25, 0.3) is 5.65 Å². The van der Waals surface area contributed by atoms with Crippen molar-refractivity contribution in [3.05, 3.63) is 101 Å². The largest absolute Gasteiger partial charge is 0.390 e. The van der Waals surface area contributed by atoms with Crippen molar-refractivity contribution in [2.45, 2.75) is 38.9 Å². The number of fused-ring (bicyclic) bond motifs is 1. The van der Waals surface area contributed by atoms with Gasteiger partial charge in [0.2, 0.25) is 0 Å². The Morgan fingerprint density at radius 1 is 1.11 bits per heavy atom. The van der Waals surface area contributed by atoms with Crippen molar-refractivity contribution in [1.29, 1.82) is 0 Å². The smallest absolute Gasteiger partial charge is 0.274 e. The number of Topliss-reactive ketones (excluding diaryl/α,β-unsaturated/α-hetero) is 1. The Morgan fingerprint density at radius 2 is 1.83 bits per heavy atom. The third-order valence-corrected chi connectivity index (χ3v) is 6.27. The van der Waals surface area contributed by atoms with Gasteiger partial charge in [-0.05, 0) is 62.2 Å². The first kappa shape index (κ1) is 25.2. The van der Waals surface area contributed by atoms with Crippen molar-refractivity contribution in [2.75, 3.05) is 5.32 Å². The number of halogens is 1. The standard InChI is InChI=1S/C28H28FN3O4/c1-17-11-12-32-23(16-30-25(32)13-17)27(35)31-22-14-19(9-10-21(22)29)24(33)15-20(28(2,3)36)26(34)18-7-5-4-6-8-18/h4-14,16,20,26,34,36H,15H2,1-3H3,(H,31,35)/t20-,26+/m1/s1. The van der Waals surface area contributed by atoms with Crippen molar-refractivity contribution >= 4 is 23.0 Å². The molecule has 0 unspecified atom stereocenters. The second-order valence-electron chi connectivity index (χ2n) is 9.47. The van der Waals surface area contributed by atoms with Gasteiger partial charge in [-0.1, -0.05) is 30.3 Å². The van der Waals surface area contributed by atoms with E-state index >= 15 is 0 Å². The van der Waals surface area contributed by atoms with Crippen LogP contribution in [0.4, 0.5) is 10.1 Å². The molecule has 2 heterocycles. The number of hydrogen-bond acceptors (Lipinski definition) is 5. The summed E-state index contributed by atoms with van der Waals surface area (Å²) < 4.78 is 16.2. The molecule has 36 heavy (non-hydrogen) atoms. The molecule has 0 radical (unpaired) electrons. The Morgan fingerprint density at radius 3 is 2.53 bits per heavy atom. The molecule has 8 heteroatoms. The summed E-state index contributed by atoms with van der Waals surface area (Å²) in [6.07, 6.45) is 1.83. The third-order valence-electron chi connectivity index (χ3n) is 6.27. The van der Waals surface area contributed by atoms with E-state index < -0.39 is 35.1 Å². The fourth-order valence-corrected chi connectivity index (χ4v) is 4.18. The van der Waals surface area contributed by atoms with Crippen LogP contribution in [0.2, 0.25) is 0 Å². The number of carbonyl (C=O) groups excluding carboxylic acids is 2. The molecular formula is C28H28FN3O4. The lowest BCUT2D eigenvalue weighted by molar-refractivity contribution is -0.0483. The summed E-state index contributed by atoms with van der Waals surface area (Å²) in [5.74, 6) is -2.51. The lowest BCUT2D eigenvalue weighted by atomic mass is 9.79. The number of nitrogens with one attached hydrogen (secondary N) is 1. The van der Waals surface area contributed by atoms with Crippen molar-refractivity contribution in [2.24, 2.45) is 5.92 Å². The molecule has 0 spiro atoms. The Hall–Kier alpha value is -3.88. The van der Waals surface area contributed by atoms with E-state index in [1.54, 1.807) is 34.9 Å². The number of hydrogen-bond donors (Lipinski definition) is 3. The molecule has 4 aromatic rings. The van der Waals surface area contributed by atoms with Gasteiger partial charge in [-0.25, -0.2) is 9.37 Å². The molecule has 0 saturated carbocycles. The Kier molecular flexibility index (Phi) is 7.01. The van der Waals surface area contributed by atoms with Crippen LogP contribution in [-0.2, 0) is 0 Å². The maximum Gasteiger partial charge on any atom is 0.274 e. The van der Waals surface area contributed by atoms with E-state index in [-0.39, 0.29) is 23.4 Å². The minimum atomic E-state index is -1.37. The van der Waals surface area contributed by atoms with Crippen LogP contribution < -0.4 is 5.32 Å². The normalized spacial score (nSPS) is 13.4. The zero-order valence-electron chi connectivity index (χ0n) is 20.3. The number of aliphatic hydroxyl groups is 2. The van der Waals surface area contributed by atoms with Crippen molar-refractivity contribution < 1.29 is 24.2 Å². The van der Waals surface area contributed by atoms with Crippen LogP contribution in [0.5, 0.6) is 0 Å². The van der Waals surface area contributed by atoms with Crippen molar-refractivity contribution in [3.63, 3.8) is 0 Å². The zero-order chi connectivity index (χ0) is 26.0. The number of aromatic nitrogens is 2. The van der Waals surface area contributed by atoms with E-state index in [9.17, 15) is 24.2 Å². The van der Waals surface area contributed by atoms with Crippen LogP contribution >= 0.6 is 0 Å². The summed E-state index contributed by atoms with van der Waals surface area (Å²) in [6.45, 7) is 4.98. The number of aliphatic hydroxyl groups excluding tert-OH is 1. The van der Waals surface area contributed by atoms with Crippen LogP contribution in [0.1, 0.15) is 58.3 Å². The summed E-state index contributed by atoms with van der Waals surface area (Å²) in [5.41, 5.74) is 0.982. The van der Waals surface area contributed by atoms with Gasteiger partial charge in [0.1, 0.15) is 17.2 Å². The van der Waals surface area contributed by atoms with Gasteiger partial charge in [-0.15, -0.1) is 0 Å². The number of amides is 1. The quantitative estimate of drug-likeness (QED) is 0.311. The number of pyridine rings is 1. The fraction of sp³-hybridized carbons (Fsp3) is 0.250. The Labute approximate surface area is 208 Å². The Bertz CT molecular complexity index is 1410. The minimum Gasteiger partial charge on any atom is -0.390 e. The van der Waals surface area contributed by atoms with Gasteiger partial charge >= 0.3 is 0 Å². The highest BCUT2D eigenvalue weighted by Crippen LogP contribution is 2.34. The molecule has 0 aliphatic rings. The monoisotopic (exact) mass is 489 g/mol. The summed E-state index contributed by atoms with van der Waals surface area (Å²) in [4.78, 5) is 30.2. The van der Waals surface area contributed by atoms with E-state index in [0.717, 1.165) is 11.6 Å². The highest BCUT2D eigenvalue weighted by Gasteiger charge is 2.36. The number of anilines is 1. The molecule has 0 aliphatic heterocycles. The SMILES string of the molecule is Cc1ccn2c(C(=O)Nc3cc(C(=O)C[C@H]([C@@H](O)c4ccccc4)C(C)(C)O)ccc3F)cnc2c1. The number of ketones is 1. The molecule has 1 amide bonds. The van der Waals surface area contributed by atoms with Gasteiger partial charge in [0.15, 0.2) is 5.78 Å². The average Bonchev–Trinajstić information content (AvgIpc) is 3.26. The number of nitrogens with zero attached hydrogens (tertiary/aromatic N) is 2. The van der Waals surface area contributed by atoms with Gasteiger partial charge in [-0.3, -0.25) is 14.0 Å². The second kappa shape index (κ2) is 10.0. The van der Waals surface area contributed by atoms with Crippen LogP contribution in [0, 0.1) is 18.7 Å². The second-order valence-corrected chi connectivity index (χ2v) is 9.47. The van der Waals surface area contributed by atoms with Gasteiger partial charge in [0.05, 0.1) is 23.6 Å². The zero-order valence-corrected chi connectivity index (χ0v) is 20.3. The highest BCUT2D eigenvalue weighted by molar-refractivity contribution is 6.04. The van der Waals surface area contributed by atoms with Gasteiger partial charge in [-0.2, -0.15) is 0 Å². The molecule has 0 fully saturated rings. The minimum absolute atomic E-state index is 0.148. The first-order valence-electron chi connectivity index (χ1n) is 11.6. The molecule has 4 rings (SSSR count). The molecular weight excluding hydrogens is 461 g/mol. The highest BCUT2D eigenvalue weighted by atomic mass is 19.1. The number of aryl methyl sites for hydroxylation is 1. The molecule has 0 aliphatic carbocycles. The molecule has 2 aromatic carbocycles. The molecule has 3 N–H and O–H groups in total. The summed E-state index contributed by atoms with van der Waals surface area (Å²) in [5, 5.41) is 24.1. The molecule has 2 aromatic heterocycles.